The van der Waals surface area contributed by atoms with Gasteiger partial charge in [0.15, 0.2) is 5.96 Å². The molecule has 8 heteroatoms. The van der Waals surface area contributed by atoms with E-state index in [9.17, 15) is 8.42 Å². The third kappa shape index (κ3) is 5.71. The van der Waals surface area contributed by atoms with Crippen LogP contribution in [0.25, 0.3) is 0 Å². The van der Waals surface area contributed by atoms with Crippen LogP contribution in [-0.4, -0.2) is 46.5 Å². The van der Waals surface area contributed by atoms with Crippen LogP contribution in [0, 0.1) is 0 Å². The molecule has 0 aliphatic heterocycles. The zero-order valence-corrected chi connectivity index (χ0v) is 17.9. The molecule has 2 N–H and O–H groups in total. The second-order valence-corrected chi connectivity index (χ2v) is 8.82. The number of nitrogens with zero attached hydrogens (tertiary/aromatic N) is 2. The smallest absolute Gasteiger partial charge is 0.240 e. The third-order valence-corrected chi connectivity index (χ3v) is 6.29. The van der Waals surface area contributed by atoms with Gasteiger partial charge in [0, 0.05) is 38.8 Å². The molecule has 1 saturated carbocycles. The Balaban J connectivity index is 1.58. The van der Waals surface area contributed by atoms with Gasteiger partial charge in [-0.3, -0.25) is 4.99 Å². The van der Waals surface area contributed by atoms with Crippen molar-refractivity contribution in [1.29, 1.82) is 0 Å². The Hall–Kier alpha value is -2.58. The SMILES string of the molecule is CN=C(NCc1ccc(S(=O)(=O)NC2CC2)cc1)N(C)Cc1ccccc1OC. The Morgan fingerprint density at radius 1 is 1.17 bits per heavy atom. The molecule has 0 radical (unpaired) electrons. The molecular weight excluding hydrogens is 388 g/mol. The van der Waals surface area contributed by atoms with Crippen molar-refractivity contribution in [2.45, 2.75) is 36.9 Å². The molecule has 1 aliphatic carbocycles. The van der Waals surface area contributed by atoms with Crippen molar-refractivity contribution < 1.29 is 13.2 Å². The first-order chi connectivity index (χ1) is 13.9. The zero-order chi connectivity index (χ0) is 20.9. The molecule has 3 rings (SSSR count). The van der Waals surface area contributed by atoms with Crippen molar-refractivity contribution in [3.8, 4) is 5.75 Å². The van der Waals surface area contributed by atoms with Gasteiger partial charge in [-0.05, 0) is 36.6 Å². The Bertz CT molecular complexity index is 954. The molecule has 0 saturated heterocycles. The van der Waals surface area contributed by atoms with E-state index in [-0.39, 0.29) is 6.04 Å². The fourth-order valence-electron chi connectivity index (χ4n) is 3.00. The number of nitrogens with one attached hydrogen (secondary N) is 2. The highest BCUT2D eigenvalue weighted by Gasteiger charge is 2.27. The maximum Gasteiger partial charge on any atom is 0.240 e. The van der Waals surface area contributed by atoms with Gasteiger partial charge in [-0.2, -0.15) is 0 Å². The van der Waals surface area contributed by atoms with Crippen LogP contribution in [-0.2, 0) is 23.1 Å². The minimum Gasteiger partial charge on any atom is -0.496 e. The molecule has 1 fully saturated rings. The van der Waals surface area contributed by atoms with Crippen LogP contribution in [0.1, 0.15) is 24.0 Å². The van der Waals surface area contributed by atoms with E-state index in [2.05, 4.69) is 15.0 Å². The van der Waals surface area contributed by atoms with Crippen molar-refractivity contribution in [1.82, 2.24) is 14.9 Å². The topological polar surface area (TPSA) is 83.0 Å². The minimum absolute atomic E-state index is 0.100. The Kier molecular flexibility index (Phi) is 6.76. The molecule has 0 atom stereocenters. The average Bonchev–Trinajstić information content (AvgIpc) is 3.52. The van der Waals surface area contributed by atoms with E-state index in [1.165, 1.54) is 0 Å². The van der Waals surface area contributed by atoms with Crippen LogP contribution >= 0.6 is 0 Å². The number of sulfonamides is 1. The molecule has 2 aromatic rings. The summed E-state index contributed by atoms with van der Waals surface area (Å²) in [7, 11) is 1.94. The fourth-order valence-corrected chi connectivity index (χ4v) is 4.31. The van der Waals surface area contributed by atoms with Gasteiger partial charge in [0.2, 0.25) is 10.0 Å². The highest BCUT2D eigenvalue weighted by Crippen LogP contribution is 2.22. The second-order valence-electron chi connectivity index (χ2n) is 7.11. The van der Waals surface area contributed by atoms with Crippen molar-refractivity contribution in [2.75, 3.05) is 21.2 Å². The molecule has 1 aliphatic rings. The summed E-state index contributed by atoms with van der Waals surface area (Å²) in [5.41, 5.74) is 2.04. The summed E-state index contributed by atoms with van der Waals surface area (Å²) >= 11 is 0. The van der Waals surface area contributed by atoms with Gasteiger partial charge in [-0.1, -0.05) is 30.3 Å². The van der Waals surface area contributed by atoms with Crippen LogP contribution in [0.15, 0.2) is 58.4 Å². The first-order valence-corrected chi connectivity index (χ1v) is 11.1. The molecule has 0 aromatic heterocycles. The van der Waals surface area contributed by atoms with E-state index in [1.54, 1.807) is 26.3 Å². The molecule has 7 nitrogen and oxygen atoms in total. The van der Waals surface area contributed by atoms with Gasteiger partial charge in [-0.15, -0.1) is 0 Å². The van der Waals surface area contributed by atoms with E-state index < -0.39 is 10.0 Å². The number of methoxy groups -OCH3 is 1. The fraction of sp³-hybridized carbons (Fsp3) is 0.381. The summed E-state index contributed by atoms with van der Waals surface area (Å²) in [6, 6.07) is 14.9. The van der Waals surface area contributed by atoms with Crippen LogP contribution < -0.4 is 14.8 Å². The predicted molar refractivity (Wildman–Crippen MR) is 114 cm³/mol. The molecule has 2 aromatic carbocycles. The first kappa shape index (κ1) is 21.1. The van der Waals surface area contributed by atoms with Gasteiger partial charge in [0.05, 0.1) is 12.0 Å². The summed E-state index contributed by atoms with van der Waals surface area (Å²) in [6.07, 6.45) is 1.84. The van der Waals surface area contributed by atoms with Crippen molar-refractivity contribution in [2.24, 2.45) is 4.99 Å². The molecule has 0 spiro atoms. The van der Waals surface area contributed by atoms with Gasteiger partial charge in [0.1, 0.15) is 5.75 Å². The molecular formula is C21H28N4O3S. The summed E-state index contributed by atoms with van der Waals surface area (Å²) in [6.45, 7) is 1.19. The lowest BCUT2D eigenvalue weighted by Gasteiger charge is -2.23. The molecule has 0 heterocycles. The standard InChI is InChI=1S/C21H28N4O3S/c1-22-21(25(2)15-17-6-4-5-7-20(17)28-3)23-14-16-8-12-19(13-9-16)29(26,27)24-18-10-11-18/h4-9,12-13,18,24H,10-11,14-15H2,1-3H3,(H,22,23). The van der Waals surface area contributed by atoms with Gasteiger partial charge in [-0.25, -0.2) is 13.1 Å². The van der Waals surface area contributed by atoms with E-state index in [0.29, 0.717) is 18.0 Å². The molecule has 0 unspecified atom stereocenters. The maximum atomic E-state index is 12.3. The number of para-hydroxylation sites is 1. The Labute approximate surface area is 172 Å². The molecule has 29 heavy (non-hydrogen) atoms. The summed E-state index contributed by atoms with van der Waals surface area (Å²) in [5, 5.41) is 3.31. The maximum absolute atomic E-state index is 12.3. The van der Waals surface area contributed by atoms with E-state index in [4.69, 9.17) is 4.74 Å². The number of aliphatic imine (C=N–C) groups is 1. The zero-order valence-electron chi connectivity index (χ0n) is 17.1. The normalized spacial score (nSPS) is 14.5. The van der Waals surface area contributed by atoms with Crippen molar-refractivity contribution in [3.63, 3.8) is 0 Å². The molecule has 0 amide bonds. The van der Waals surface area contributed by atoms with Gasteiger partial charge >= 0.3 is 0 Å². The number of rotatable bonds is 8. The quantitative estimate of drug-likeness (QED) is 0.510. The molecule has 156 valence electrons. The number of guanidine groups is 1. The monoisotopic (exact) mass is 416 g/mol. The highest BCUT2D eigenvalue weighted by molar-refractivity contribution is 7.89. The predicted octanol–water partition coefficient (Wildman–Crippen LogP) is 2.34. The average molecular weight is 417 g/mol. The number of ether oxygens (including phenoxy) is 1. The van der Waals surface area contributed by atoms with Crippen LogP contribution in [0.3, 0.4) is 0 Å². The lowest BCUT2D eigenvalue weighted by Crippen LogP contribution is -2.38. The van der Waals surface area contributed by atoms with E-state index >= 15 is 0 Å². The number of hydrogen-bond donors (Lipinski definition) is 2. The summed E-state index contributed by atoms with van der Waals surface area (Å²) < 4.78 is 32.6. The van der Waals surface area contributed by atoms with Crippen LogP contribution in [0.4, 0.5) is 0 Å². The Morgan fingerprint density at radius 2 is 1.86 bits per heavy atom. The van der Waals surface area contributed by atoms with Crippen LogP contribution in [0.5, 0.6) is 5.75 Å². The minimum atomic E-state index is -3.42. The first-order valence-electron chi connectivity index (χ1n) is 9.58. The lowest BCUT2D eigenvalue weighted by molar-refractivity contribution is 0.396. The largest absolute Gasteiger partial charge is 0.496 e. The number of benzene rings is 2. The summed E-state index contributed by atoms with van der Waals surface area (Å²) in [5.74, 6) is 1.58. The van der Waals surface area contributed by atoms with E-state index in [1.807, 2.05) is 48.3 Å². The third-order valence-electron chi connectivity index (χ3n) is 4.76. The van der Waals surface area contributed by atoms with E-state index in [0.717, 1.165) is 35.7 Å². The van der Waals surface area contributed by atoms with Gasteiger partial charge < -0.3 is 15.0 Å². The second kappa shape index (κ2) is 9.28. The van der Waals surface area contributed by atoms with Crippen LogP contribution in [0.2, 0.25) is 0 Å². The van der Waals surface area contributed by atoms with Gasteiger partial charge in [0.25, 0.3) is 0 Å². The Morgan fingerprint density at radius 3 is 2.48 bits per heavy atom. The van der Waals surface area contributed by atoms with Crippen molar-refractivity contribution >= 4 is 16.0 Å². The summed E-state index contributed by atoms with van der Waals surface area (Å²) in [4.78, 5) is 6.64. The highest BCUT2D eigenvalue weighted by atomic mass is 32.2. The lowest BCUT2D eigenvalue weighted by atomic mass is 10.2. The molecule has 0 bridgehead atoms. The van der Waals surface area contributed by atoms with Crippen molar-refractivity contribution in [3.05, 3.63) is 59.7 Å². The number of hydrogen-bond acceptors (Lipinski definition) is 4.